The lowest BCUT2D eigenvalue weighted by molar-refractivity contribution is -0.131. The van der Waals surface area contributed by atoms with Crippen LogP contribution in [0.4, 0.5) is 5.82 Å². The summed E-state index contributed by atoms with van der Waals surface area (Å²) in [6.07, 6.45) is 2.81. The van der Waals surface area contributed by atoms with Crippen LogP contribution in [0, 0.1) is 12.8 Å². The highest BCUT2D eigenvalue weighted by atomic mass is 16.5. The van der Waals surface area contributed by atoms with Crippen molar-refractivity contribution < 1.29 is 19.1 Å². The second-order valence-corrected chi connectivity index (χ2v) is 7.82. The van der Waals surface area contributed by atoms with Crippen molar-refractivity contribution in [1.29, 1.82) is 0 Å². The molecule has 2 fully saturated rings. The lowest BCUT2D eigenvalue weighted by atomic mass is 9.98. The molecular weight excluding hydrogens is 372 g/mol. The molecule has 2 amide bonds. The molecule has 1 aliphatic heterocycles. The summed E-state index contributed by atoms with van der Waals surface area (Å²) in [6.45, 7) is 3.07. The molecule has 1 saturated carbocycles. The molecule has 0 spiro atoms. The third-order valence-electron chi connectivity index (χ3n) is 5.35. The highest BCUT2D eigenvalue weighted by molar-refractivity contribution is 5.94. The van der Waals surface area contributed by atoms with Gasteiger partial charge in [-0.25, -0.2) is 0 Å². The van der Waals surface area contributed by atoms with Crippen molar-refractivity contribution >= 4 is 17.6 Å². The molecule has 1 unspecified atom stereocenters. The summed E-state index contributed by atoms with van der Waals surface area (Å²) in [5.74, 6) is 2.26. The first-order valence-corrected chi connectivity index (χ1v) is 9.92. The SMILES string of the molecule is COc1ccc(C2CC(=O)N(CC(=O)Nc3cc(C)[nH]n3)C2)cc1OCC1CC1. The summed E-state index contributed by atoms with van der Waals surface area (Å²) in [7, 11) is 1.62. The number of amides is 2. The van der Waals surface area contributed by atoms with Gasteiger partial charge in [0.05, 0.1) is 20.3 Å². The molecule has 29 heavy (non-hydrogen) atoms. The second kappa shape index (κ2) is 8.14. The van der Waals surface area contributed by atoms with Gasteiger partial charge in [0.25, 0.3) is 0 Å². The van der Waals surface area contributed by atoms with Gasteiger partial charge < -0.3 is 19.7 Å². The molecule has 0 bridgehead atoms. The van der Waals surface area contributed by atoms with E-state index >= 15 is 0 Å². The maximum atomic E-state index is 12.4. The molecule has 0 radical (unpaired) electrons. The molecule has 1 atom stereocenters. The summed E-state index contributed by atoms with van der Waals surface area (Å²) in [6, 6.07) is 7.57. The van der Waals surface area contributed by atoms with E-state index in [9.17, 15) is 9.59 Å². The topological polar surface area (TPSA) is 96.6 Å². The van der Waals surface area contributed by atoms with E-state index in [0.717, 1.165) is 17.0 Å². The molecule has 8 nitrogen and oxygen atoms in total. The molecule has 2 N–H and O–H groups in total. The van der Waals surface area contributed by atoms with Gasteiger partial charge in [-0.1, -0.05) is 6.07 Å². The standard InChI is InChI=1S/C21H26N4O4/c1-13-7-19(24-23-13)22-20(26)11-25-10-16(9-21(25)27)15-5-6-17(28-2)18(8-15)29-12-14-3-4-14/h5-8,14,16H,3-4,9-12H2,1-2H3,(H2,22,23,24,26). The molecule has 1 aromatic carbocycles. The fourth-order valence-corrected chi connectivity index (χ4v) is 3.54. The number of carbonyl (C=O) groups is 2. The Bertz CT molecular complexity index is 906. The van der Waals surface area contributed by atoms with Crippen LogP contribution in [0.15, 0.2) is 24.3 Å². The van der Waals surface area contributed by atoms with Crippen LogP contribution in [0.2, 0.25) is 0 Å². The van der Waals surface area contributed by atoms with E-state index in [0.29, 0.717) is 37.1 Å². The van der Waals surface area contributed by atoms with Crippen LogP contribution in [0.5, 0.6) is 11.5 Å². The van der Waals surface area contributed by atoms with Crippen molar-refractivity contribution in [3.8, 4) is 11.5 Å². The van der Waals surface area contributed by atoms with Crippen molar-refractivity contribution in [2.24, 2.45) is 5.92 Å². The fourth-order valence-electron chi connectivity index (χ4n) is 3.54. The van der Waals surface area contributed by atoms with Crippen LogP contribution in [-0.2, 0) is 9.59 Å². The minimum Gasteiger partial charge on any atom is -0.493 e. The van der Waals surface area contributed by atoms with Crippen molar-refractivity contribution in [1.82, 2.24) is 15.1 Å². The second-order valence-electron chi connectivity index (χ2n) is 7.82. The minimum absolute atomic E-state index is 0.0163. The number of anilines is 1. The molecular formula is C21H26N4O4. The number of H-pyrrole nitrogens is 1. The van der Waals surface area contributed by atoms with E-state index in [1.54, 1.807) is 18.1 Å². The predicted molar refractivity (Wildman–Crippen MR) is 107 cm³/mol. The number of benzene rings is 1. The largest absolute Gasteiger partial charge is 0.493 e. The minimum atomic E-state index is -0.256. The lowest BCUT2D eigenvalue weighted by Crippen LogP contribution is -2.34. The Kier molecular flexibility index (Phi) is 5.42. The molecule has 8 heteroatoms. The number of carbonyl (C=O) groups excluding carboxylic acids is 2. The van der Waals surface area contributed by atoms with E-state index in [2.05, 4.69) is 15.5 Å². The number of aromatic nitrogens is 2. The van der Waals surface area contributed by atoms with E-state index in [1.807, 2.05) is 25.1 Å². The molecule has 1 aliphatic carbocycles. The van der Waals surface area contributed by atoms with Crippen LogP contribution in [-0.4, -0.2) is 53.7 Å². The van der Waals surface area contributed by atoms with Gasteiger partial charge in [-0.15, -0.1) is 0 Å². The van der Waals surface area contributed by atoms with Crippen molar-refractivity contribution in [2.45, 2.75) is 32.1 Å². The smallest absolute Gasteiger partial charge is 0.245 e. The Labute approximate surface area is 169 Å². The first-order chi connectivity index (χ1) is 14.0. The number of hydrogen-bond donors (Lipinski definition) is 2. The normalized spacial score (nSPS) is 18.8. The Morgan fingerprint density at radius 1 is 1.31 bits per heavy atom. The number of ether oxygens (including phenoxy) is 2. The van der Waals surface area contributed by atoms with Gasteiger partial charge in [-0.05, 0) is 43.4 Å². The predicted octanol–water partition coefficient (Wildman–Crippen LogP) is 2.47. The molecule has 4 rings (SSSR count). The number of likely N-dealkylation sites (tertiary alicyclic amines) is 1. The Morgan fingerprint density at radius 2 is 2.14 bits per heavy atom. The van der Waals surface area contributed by atoms with Crippen molar-refractivity contribution in [3.05, 3.63) is 35.5 Å². The highest BCUT2D eigenvalue weighted by Crippen LogP contribution is 2.36. The van der Waals surface area contributed by atoms with Gasteiger partial charge in [0.2, 0.25) is 11.8 Å². The average Bonchev–Trinajstić information content (AvgIpc) is 3.35. The average molecular weight is 398 g/mol. The number of hydrogen-bond acceptors (Lipinski definition) is 5. The Morgan fingerprint density at radius 3 is 2.83 bits per heavy atom. The third-order valence-corrected chi connectivity index (χ3v) is 5.35. The summed E-state index contributed by atoms with van der Waals surface area (Å²) in [5, 5.41) is 9.47. The molecule has 2 aliphatic rings. The zero-order valence-corrected chi connectivity index (χ0v) is 16.7. The number of rotatable bonds is 8. The monoisotopic (exact) mass is 398 g/mol. The van der Waals surface area contributed by atoms with Gasteiger partial charge in [-0.3, -0.25) is 14.7 Å². The molecule has 2 heterocycles. The van der Waals surface area contributed by atoms with Gasteiger partial charge in [0, 0.05) is 30.6 Å². The van der Waals surface area contributed by atoms with Crippen LogP contribution >= 0.6 is 0 Å². The number of nitrogens with one attached hydrogen (secondary N) is 2. The van der Waals surface area contributed by atoms with Crippen LogP contribution in [0.3, 0.4) is 0 Å². The van der Waals surface area contributed by atoms with Gasteiger partial charge in [0.1, 0.15) is 0 Å². The highest BCUT2D eigenvalue weighted by Gasteiger charge is 2.32. The molecule has 2 aromatic rings. The van der Waals surface area contributed by atoms with E-state index in [-0.39, 0.29) is 24.3 Å². The maximum Gasteiger partial charge on any atom is 0.245 e. The third kappa shape index (κ3) is 4.70. The maximum absolute atomic E-state index is 12.4. The van der Waals surface area contributed by atoms with E-state index < -0.39 is 0 Å². The summed E-state index contributed by atoms with van der Waals surface area (Å²) < 4.78 is 11.3. The first-order valence-electron chi connectivity index (χ1n) is 9.92. The van der Waals surface area contributed by atoms with E-state index in [4.69, 9.17) is 9.47 Å². The number of nitrogens with zero attached hydrogens (tertiary/aromatic N) is 2. The molecule has 154 valence electrons. The van der Waals surface area contributed by atoms with Gasteiger partial charge in [-0.2, -0.15) is 5.10 Å². The van der Waals surface area contributed by atoms with Crippen molar-refractivity contribution in [3.63, 3.8) is 0 Å². The lowest BCUT2D eigenvalue weighted by Gasteiger charge is -2.17. The zero-order chi connectivity index (χ0) is 20.4. The van der Waals surface area contributed by atoms with Gasteiger partial charge in [0.15, 0.2) is 17.3 Å². The molecule has 1 aromatic heterocycles. The fraction of sp³-hybridized carbons (Fsp3) is 0.476. The van der Waals surface area contributed by atoms with Gasteiger partial charge >= 0.3 is 0 Å². The Balaban J connectivity index is 1.38. The van der Waals surface area contributed by atoms with Crippen LogP contribution < -0.4 is 14.8 Å². The summed E-state index contributed by atoms with van der Waals surface area (Å²) in [5.41, 5.74) is 1.88. The first kappa shape index (κ1) is 19.3. The quantitative estimate of drug-likeness (QED) is 0.712. The zero-order valence-electron chi connectivity index (χ0n) is 16.7. The Hall–Kier alpha value is -3.03. The number of aromatic amines is 1. The molecule has 1 saturated heterocycles. The van der Waals surface area contributed by atoms with Crippen molar-refractivity contribution in [2.75, 3.05) is 32.1 Å². The summed E-state index contributed by atoms with van der Waals surface area (Å²) in [4.78, 5) is 26.3. The van der Waals surface area contributed by atoms with E-state index in [1.165, 1.54) is 12.8 Å². The van der Waals surface area contributed by atoms with Crippen LogP contribution in [0.1, 0.15) is 36.4 Å². The number of aryl methyl sites for hydroxylation is 1. The van der Waals surface area contributed by atoms with Crippen LogP contribution in [0.25, 0.3) is 0 Å². The summed E-state index contributed by atoms with van der Waals surface area (Å²) >= 11 is 0. The number of methoxy groups -OCH3 is 1.